The van der Waals surface area contributed by atoms with Gasteiger partial charge in [0.2, 0.25) is 0 Å². The van der Waals surface area contributed by atoms with Crippen molar-refractivity contribution in [2.75, 3.05) is 13.7 Å². The molecular weight excluding hydrogens is 204 g/mol. The predicted octanol–water partition coefficient (Wildman–Crippen LogP) is 1.53. The Morgan fingerprint density at radius 2 is 2.31 bits per heavy atom. The van der Waals surface area contributed by atoms with Crippen molar-refractivity contribution < 1.29 is 9.53 Å². The number of esters is 1. The predicted molar refractivity (Wildman–Crippen MR) is 62.1 cm³/mol. The number of methoxy groups -OCH3 is 1. The maximum Gasteiger partial charge on any atom is 0.339 e. The number of nitrogens with one attached hydrogen (secondary N) is 1. The van der Waals surface area contributed by atoms with Gasteiger partial charge < -0.3 is 10.1 Å². The van der Waals surface area contributed by atoms with E-state index < -0.39 is 0 Å². The molecule has 0 saturated carbocycles. The van der Waals surface area contributed by atoms with E-state index >= 15 is 0 Å². The van der Waals surface area contributed by atoms with Crippen LogP contribution in [-0.2, 0) is 11.3 Å². The summed E-state index contributed by atoms with van der Waals surface area (Å²) in [6, 6.07) is 3.51. The Hall–Kier alpha value is -1.68. The van der Waals surface area contributed by atoms with Crippen LogP contribution in [0.1, 0.15) is 23.0 Å². The van der Waals surface area contributed by atoms with Crippen molar-refractivity contribution in [1.82, 2.24) is 10.3 Å². The zero-order valence-corrected chi connectivity index (χ0v) is 9.62. The number of hydrogen-bond donors (Lipinski definition) is 1. The van der Waals surface area contributed by atoms with Crippen molar-refractivity contribution in [2.24, 2.45) is 0 Å². The van der Waals surface area contributed by atoms with Crippen molar-refractivity contribution in [3.8, 4) is 0 Å². The molecular formula is C12H16N2O2. The number of carbonyl (C=O) groups is 1. The Morgan fingerprint density at radius 3 is 2.81 bits per heavy atom. The Bertz CT molecular complexity index is 371. The summed E-state index contributed by atoms with van der Waals surface area (Å²) in [5, 5.41) is 3.19. The van der Waals surface area contributed by atoms with E-state index in [1.54, 1.807) is 12.1 Å². The fourth-order valence-corrected chi connectivity index (χ4v) is 1.17. The van der Waals surface area contributed by atoms with Crippen LogP contribution in [0.4, 0.5) is 0 Å². The molecule has 0 spiro atoms. The fraction of sp³-hybridized carbons (Fsp3) is 0.333. The van der Waals surface area contributed by atoms with E-state index in [0.717, 1.165) is 17.8 Å². The first-order valence-corrected chi connectivity index (χ1v) is 5.02. The minimum absolute atomic E-state index is 0.367. The average Bonchev–Trinajstić information content (AvgIpc) is 2.28. The zero-order chi connectivity index (χ0) is 12.0. The van der Waals surface area contributed by atoms with Crippen LogP contribution in [0.2, 0.25) is 0 Å². The van der Waals surface area contributed by atoms with Crippen LogP contribution in [0.25, 0.3) is 0 Å². The summed E-state index contributed by atoms with van der Waals surface area (Å²) >= 11 is 0. The van der Waals surface area contributed by atoms with Gasteiger partial charge in [0.15, 0.2) is 0 Å². The van der Waals surface area contributed by atoms with Gasteiger partial charge in [0.25, 0.3) is 0 Å². The molecule has 86 valence electrons. The first-order valence-electron chi connectivity index (χ1n) is 5.02. The van der Waals surface area contributed by atoms with Gasteiger partial charge in [-0.1, -0.05) is 12.2 Å². The number of hydrogen-bond acceptors (Lipinski definition) is 4. The molecule has 4 nitrogen and oxygen atoms in total. The summed E-state index contributed by atoms with van der Waals surface area (Å²) in [5.41, 5.74) is 2.42. The lowest BCUT2D eigenvalue weighted by molar-refractivity contribution is 0.0600. The molecule has 0 aliphatic carbocycles. The van der Waals surface area contributed by atoms with Gasteiger partial charge in [-0.3, -0.25) is 4.98 Å². The van der Waals surface area contributed by atoms with Crippen molar-refractivity contribution in [3.05, 3.63) is 41.7 Å². The van der Waals surface area contributed by atoms with Gasteiger partial charge in [0.1, 0.15) is 0 Å². The molecule has 0 aromatic carbocycles. The van der Waals surface area contributed by atoms with Gasteiger partial charge in [0, 0.05) is 19.3 Å². The fourth-order valence-electron chi connectivity index (χ4n) is 1.17. The number of ether oxygens (including phenoxy) is 1. The topological polar surface area (TPSA) is 51.2 Å². The summed E-state index contributed by atoms with van der Waals surface area (Å²) in [5.74, 6) is -0.367. The molecule has 0 aliphatic heterocycles. The SMILES string of the molecule is C=C(C)CNCc1ccc(C(=O)OC)cn1. The molecule has 0 unspecified atom stereocenters. The van der Waals surface area contributed by atoms with Gasteiger partial charge in [-0.05, 0) is 19.1 Å². The lowest BCUT2D eigenvalue weighted by Gasteiger charge is -2.04. The minimum Gasteiger partial charge on any atom is -0.465 e. The van der Waals surface area contributed by atoms with Crippen molar-refractivity contribution in [1.29, 1.82) is 0 Å². The highest BCUT2D eigenvalue weighted by molar-refractivity contribution is 5.88. The van der Waals surface area contributed by atoms with Crippen LogP contribution in [0.3, 0.4) is 0 Å². The molecule has 4 heteroatoms. The third-order valence-electron chi connectivity index (χ3n) is 1.98. The lowest BCUT2D eigenvalue weighted by atomic mass is 10.2. The largest absolute Gasteiger partial charge is 0.465 e. The summed E-state index contributed by atoms with van der Waals surface area (Å²) in [4.78, 5) is 15.3. The molecule has 0 aliphatic rings. The van der Waals surface area contributed by atoms with Crippen molar-refractivity contribution >= 4 is 5.97 Å². The second-order valence-electron chi connectivity index (χ2n) is 3.59. The number of carbonyl (C=O) groups excluding carboxylic acids is 1. The molecule has 0 amide bonds. The highest BCUT2D eigenvalue weighted by Crippen LogP contribution is 2.01. The van der Waals surface area contributed by atoms with E-state index in [4.69, 9.17) is 0 Å². The van der Waals surface area contributed by atoms with Crippen LogP contribution in [0.5, 0.6) is 0 Å². The van der Waals surface area contributed by atoms with E-state index in [1.807, 2.05) is 6.92 Å². The quantitative estimate of drug-likeness (QED) is 0.604. The monoisotopic (exact) mass is 220 g/mol. The van der Waals surface area contributed by atoms with E-state index in [0.29, 0.717) is 12.1 Å². The van der Waals surface area contributed by atoms with Crippen molar-refractivity contribution in [2.45, 2.75) is 13.5 Å². The van der Waals surface area contributed by atoms with Crippen LogP contribution in [-0.4, -0.2) is 24.6 Å². The Kier molecular flexibility index (Phi) is 4.66. The summed E-state index contributed by atoms with van der Waals surface area (Å²) in [7, 11) is 1.35. The third kappa shape index (κ3) is 3.82. The maximum atomic E-state index is 11.1. The van der Waals surface area contributed by atoms with Gasteiger partial charge in [-0.25, -0.2) is 4.79 Å². The Morgan fingerprint density at radius 1 is 1.56 bits per heavy atom. The van der Waals surface area contributed by atoms with E-state index in [2.05, 4.69) is 21.6 Å². The highest BCUT2D eigenvalue weighted by atomic mass is 16.5. The number of nitrogens with zero attached hydrogens (tertiary/aromatic N) is 1. The first-order chi connectivity index (χ1) is 7.63. The number of pyridine rings is 1. The van der Waals surface area contributed by atoms with Crippen LogP contribution >= 0.6 is 0 Å². The molecule has 0 radical (unpaired) electrons. The van der Waals surface area contributed by atoms with Gasteiger partial charge in [-0.2, -0.15) is 0 Å². The van der Waals surface area contributed by atoms with E-state index in [-0.39, 0.29) is 5.97 Å². The van der Waals surface area contributed by atoms with Gasteiger partial charge in [0.05, 0.1) is 18.4 Å². The molecule has 1 aromatic heterocycles. The van der Waals surface area contributed by atoms with Crippen LogP contribution in [0.15, 0.2) is 30.5 Å². The summed E-state index contributed by atoms with van der Waals surface area (Å²) < 4.78 is 4.58. The minimum atomic E-state index is -0.367. The Labute approximate surface area is 95.3 Å². The lowest BCUT2D eigenvalue weighted by Crippen LogP contribution is -2.16. The molecule has 1 rings (SSSR count). The standard InChI is InChI=1S/C12H16N2O2/c1-9(2)6-13-8-11-5-4-10(7-14-11)12(15)16-3/h4-5,7,13H,1,6,8H2,2-3H3. The summed E-state index contributed by atoms with van der Waals surface area (Å²) in [6.07, 6.45) is 1.52. The first kappa shape index (κ1) is 12.4. The normalized spacial score (nSPS) is 9.88. The molecule has 1 N–H and O–H groups in total. The molecule has 16 heavy (non-hydrogen) atoms. The second-order valence-corrected chi connectivity index (χ2v) is 3.59. The molecule has 0 saturated heterocycles. The van der Waals surface area contributed by atoms with Gasteiger partial charge >= 0.3 is 5.97 Å². The molecule has 1 heterocycles. The van der Waals surface area contributed by atoms with E-state index in [1.165, 1.54) is 13.3 Å². The Balaban J connectivity index is 2.51. The third-order valence-corrected chi connectivity index (χ3v) is 1.98. The zero-order valence-electron chi connectivity index (χ0n) is 9.62. The summed E-state index contributed by atoms with van der Waals surface area (Å²) in [6.45, 7) is 7.18. The highest BCUT2D eigenvalue weighted by Gasteiger charge is 2.04. The van der Waals surface area contributed by atoms with Crippen LogP contribution in [0, 0.1) is 0 Å². The number of aromatic nitrogens is 1. The second kappa shape index (κ2) is 6.02. The van der Waals surface area contributed by atoms with E-state index in [9.17, 15) is 4.79 Å². The van der Waals surface area contributed by atoms with Crippen LogP contribution < -0.4 is 5.32 Å². The van der Waals surface area contributed by atoms with Gasteiger partial charge in [-0.15, -0.1) is 0 Å². The molecule has 0 fully saturated rings. The maximum absolute atomic E-state index is 11.1. The smallest absolute Gasteiger partial charge is 0.339 e. The number of rotatable bonds is 5. The van der Waals surface area contributed by atoms with Crippen molar-refractivity contribution in [3.63, 3.8) is 0 Å². The molecule has 1 aromatic rings. The molecule has 0 bridgehead atoms. The average molecular weight is 220 g/mol. The molecule has 0 atom stereocenters.